The number of hydrogen-bond donors (Lipinski definition) is 0. The normalized spacial score (nSPS) is 14.8. The Hall–Kier alpha value is -1.77. The number of halogens is 1. The Morgan fingerprint density at radius 1 is 1.31 bits per heavy atom. The third-order valence-electron chi connectivity index (χ3n) is 5.12. The molecular formula is C20H27ClN4O3S. The van der Waals surface area contributed by atoms with Gasteiger partial charge in [-0.1, -0.05) is 42.6 Å². The van der Waals surface area contributed by atoms with Crippen LogP contribution in [0.15, 0.2) is 23.4 Å². The third-order valence-corrected chi connectivity index (χ3v) is 6.28. The first-order valence-corrected chi connectivity index (χ1v) is 11.1. The van der Waals surface area contributed by atoms with E-state index in [9.17, 15) is 4.79 Å². The predicted molar refractivity (Wildman–Crippen MR) is 113 cm³/mol. The van der Waals surface area contributed by atoms with Crippen molar-refractivity contribution in [2.75, 3.05) is 19.9 Å². The maximum Gasteiger partial charge on any atom is 0.256 e. The van der Waals surface area contributed by atoms with Crippen molar-refractivity contribution in [3.8, 4) is 5.75 Å². The van der Waals surface area contributed by atoms with Crippen LogP contribution in [-0.2, 0) is 16.2 Å². The highest BCUT2D eigenvalue weighted by atomic mass is 35.5. The second-order valence-corrected chi connectivity index (χ2v) is 8.50. The summed E-state index contributed by atoms with van der Waals surface area (Å²) in [6.07, 6.45) is 5.81. The molecule has 1 saturated carbocycles. The van der Waals surface area contributed by atoms with Crippen LogP contribution in [0.5, 0.6) is 5.75 Å². The van der Waals surface area contributed by atoms with Gasteiger partial charge in [-0.05, 0) is 43.5 Å². The van der Waals surface area contributed by atoms with Crippen molar-refractivity contribution < 1.29 is 14.4 Å². The first-order valence-electron chi connectivity index (χ1n) is 9.75. The van der Waals surface area contributed by atoms with Crippen LogP contribution in [0.1, 0.15) is 49.5 Å². The summed E-state index contributed by atoms with van der Waals surface area (Å²) in [5.41, 5.74) is 0.976. The Morgan fingerprint density at radius 2 is 2.07 bits per heavy atom. The summed E-state index contributed by atoms with van der Waals surface area (Å²) in [6, 6.07) is 5.89. The van der Waals surface area contributed by atoms with Crippen molar-refractivity contribution in [1.82, 2.24) is 19.8 Å². The van der Waals surface area contributed by atoms with Crippen molar-refractivity contribution in [3.05, 3.63) is 34.6 Å². The van der Waals surface area contributed by atoms with Crippen molar-refractivity contribution in [2.45, 2.75) is 56.8 Å². The van der Waals surface area contributed by atoms with Crippen molar-refractivity contribution in [3.63, 3.8) is 0 Å². The molecule has 1 aromatic heterocycles. The Labute approximate surface area is 180 Å². The van der Waals surface area contributed by atoms with Crippen molar-refractivity contribution >= 4 is 29.3 Å². The summed E-state index contributed by atoms with van der Waals surface area (Å²) in [6.45, 7) is 2.28. The van der Waals surface area contributed by atoms with Gasteiger partial charge in [0, 0.05) is 18.1 Å². The quantitative estimate of drug-likeness (QED) is 0.448. The molecule has 1 fully saturated rings. The van der Waals surface area contributed by atoms with E-state index in [4.69, 9.17) is 21.2 Å². The van der Waals surface area contributed by atoms with Crippen LogP contribution >= 0.6 is 23.4 Å². The van der Waals surface area contributed by atoms with Crippen LogP contribution in [0.4, 0.5) is 0 Å². The maximum absolute atomic E-state index is 12.1. The number of ether oxygens (including phenoxy) is 1. The molecule has 0 atom stereocenters. The van der Waals surface area contributed by atoms with Crippen LogP contribution in [0.2, 0.25) is 5.02 Å². The van der Waals surface area contributed by atoms with E-state index in [0.29, 0.717) is 17.7 Å². The monoisotopic (exact) mass is 438 g/mol. The maximum atomic E-state index is 12.1. The number of thioether (sulfide) groups is 1. The molecule has 29 heavy (non-hydrogen) atoms. The predicted octanol–water partition coefficient (Wildman–Crippen LogP) is 4.44. The summed E-state index contributed by atoms with van der Waals surface area (Å²) in [4.78, 5) is 17.1. The standard InChI is InChI=1S/C20H27ClN4O3S/c1-14-11-15(21)9-10-17(14)28-12-18-22-23-20(29-13-19(26)24(2)27-3)25(18)16-7-5-4-6-8-16/h9-11,16H,4-8,12-13H2,1-3H3. The lowest BCUT2D eigenvalue weighted by atomic mass is 9.95. The highest BCUT2D eigenvalue weighted by Gasteiger charge is 2.24. The van der Waals surface area contributed by atoms with Gasteiger partial charge in [-0.15, -0.1) is 10.2 Å². The van der Waals surface area contributed by atoms with Gasteiger partial charge in [0.05, 0.1) is 12.9 Å². The van der Waals surface area contributed by atoms with Gasteiger partial charge >= 0.3 is 0 Å². The van der Waals surface area contributed by atoms with Crippen LogP contribution < -0.4 is 4.74 Å². The number of carbonyl (C=O) groups is 1. The molecule has 1 heterocycles. The number of benzene rings is 1. The van der Waals surface area contributed by atoms with E-state index in [1.165, 1.54) is 43.2 Å². The highest BCUT2D eigenvalue weighted by molar-refractivity contribution is 7.99. The SMILES string of the molecule is CON(C)C(=O)CSc1nnc(COc2ccc(Cl)cc2C)n1C1CCCCC1. The highest BCUT2D eigenvalue weighted by Crippen LogP contribution is 2.33. The van der Waals surface area contributed by atoms with Gasteiger partial charge in [0.15, 0.2) is 11.0 Å². The fraction of sp³-hybridized carbons (Fsp3) is 0.550. The molecular weight excluding hydrogens is 412 g/mol. The lowest BCUT2D eigenvalue weighted by molar-refractivity contribution is -0.165. The lowest BCUT2D eigenvalue weighted by Gasteiger charge is -2.25. The van der Waals surface area contributed by atoms with Crippen LogP contribution in [0.25, 0.3) is 0 Å². The summed E-state index contributed by atoms with van der Waals surface area (Å²) in [5.74, 6) is 1.68. The first kappa shape index (κ1) is 21.9. The minimum Gasteiger partial charge on any atom is -0.485 e. The number of aromatic nitrogens is 3. The smallest absolute Gasteiger partial charge is 0.256 e. The summed E-state index contributed by atoms with van der Waals surface area (Å²) in [5, 5.41) is 11.4. The topological polar surface area (TPSA) is 69.5 Å². The summed E-state index contributed by atoms with van der Waals surface area (Å²) >= 11 is 7.42. The van der Waals surface area contributed by atoms with Gasteiger partial charge in [-0.2, -0.15) is 0 Å². The van der Waals surface area contributed by atoms with Crippen LogP contribution in [0.3, 0.4) is 0 Å². The molecule has 0 spiro atoms. The van der Waals surface area contributed by atoms with Crippen molar-refractivity contribution in [1.29, 1.82) is 0 Å². The molecule has 158 valence electrons. The molecule has 0 aliphatic heterocycles. The number of rotatable bonds is 8. The number of aryl methyl sites for hydroxylation is 1. The molecule has 1 amide bonds. The summed E-state index contributed by atoms with van der Waals surface area (Å²) < 4.78 is 8.18. The van der Waals surface area contributed by atoms with Gasteiger partial charge in [-0.3, -0.25) is 14.2 Å². The van der Waals surface area contributed by atoms with E-state index < -0.39 is 0 Å². The average Bonchev–Trinajstić information content (AvgIpc) is 3.14. The van der Waals surface area contributed by atoms with E-state index in [-0.39, 0.29) is 11.7 Å². The largest absolute Gasteiger partial charge is 0.485 e. The molecule has 9 heteroatoms. The van der Waals surface area contributed by atoms with E-state index in [0.717, 1.165) is 35.1 Å². The Balaban J connectivity index is 1.76. The number of hydroxylamine groups is 2. The molecule has 3 rings (SSSR count). The number of nitrogens with zero attached hydrogens (tertiary/aromatic N) is 4. The minimum absolute atomic E-state index is 0.120. The van der Waals surface area contributed by atoms with E-state index in [2.05, 4.69) is 14.8 Å². The molecule has 0 N–H and O–H groups in total. The van der Waals surface area contributed by atoms with E-state index in [1.54, 1.807) is 7.05 Å². The number of carbonyl (C=O) groups excluding carboxylic acids is 1. The Bertz CT molecular complexity index is 839. The van der Waals surface area contributed by atoms with Gasteiger partial charge < -0.3 is 4.74 Å². The minimum atomic E-state index is -0.120. The van der Waals surface area contributed by atoms with Crippen LogP contribution in [0, 0.1) is 6.92 Å². The van der Waals surface area contributed by atoms with Crippen molar-refractivity contribution in [2.24, 2.45) is 0 Å². The molecule has 0 bridgehead atoms. The fourth-order valence-corrected chi connectivity index (χ4v) is 4.60. The number of amides is 1. The molecule has 1 aliphatic rings. The van der Waals surface area contributed by atoms with Gasteiger partial charge in [0.25, 0.3) is 5.91 Å². The lowest BCUT2D eigenvalue weighted by Crippen LogP contribution is -2.27. The molecule has 0 unspecified atom stereocenters. The zero-order chi connectivity index (χ0) is 20.8. The second kappa shape index (κ2) is 10.3. The molecule has 1 aliphatic carbocycles. The molecule has 0 radical (unpaired) electrons. The van der Waals surface area contributed by atoms with Crippen LogP contribution in [-0.4, -0.2) is 45.6 Å². The Morgan fingerprint density at radius 3 is 2.76 bits per heavy atom. The Kier molecular flexibility index (Phi) is 7.80. The number of hydrogen-bond acceptors (Lipinski definition) is 6. The van der Waals surface area contributed by atoms with Gasteiger partial charge in [0.1, 0.15) is 12.4 Å². The third kappa shape index (κ3) is 5.65. The first-order chi connectivity index (χ1) is 14.0. The van der Waals surface area contributed by atoms with Gasteiger partial charge in [-0.25, -0.2) is 5.06 Å². The second-order valence-electron chi connectivity index (χ2n) is 7.12. The molecule has 0 saturated heterocycles. The average molecular weight is 439 g/mol. The molecule has 2 aromatic rings. The fourth-order valence-electron chi connectivity index (χ4n) is 3.45. The van der Waals surface area contributed by atoms with E-state index in [1.807, 2.05) is 25.1 Å². The summed E-state index contributed by atoms with van der Waals surface area (Å²) in [7, 11) is 3.07. The van der Waals surface area contributed by atoms with E-state index >= 15 is 0 Å². The van der Waals surface area contributed by atoms with Gasteiger partial charge in [0.2, 0.25) is 0 Å². The zero-order valence-electron chi connectivity index (χ0n) is 17.1. The molecule has 1 aromatic carbocycles. The molecule has 7 nitrogen and oxygen atoms in total. The zero-order valence-corrected chi connectivity index (χ0v) is 18.6.